The smallest absolute Gasteiger partial charge is 0.258 e. The number of aryl methyl sites for hydroxylation is 1. The summed E-state index contributed by atoms with van der Waals surface area (Å²) in [5, 5.41) is 7.42. The highest BCUT2D eigenvalue weighted by atomic mass is 16.5. The van der Waals surface area contributed by atoms with E-state index >= 15 is 0 Å². The number of hydrogen-bond donors (Lipinski definition) is 1. The van der Waals surface area contributed by atoms with E-state index in [0.717, 1.165) is 55.6 Å². The Kier molecular flexibility index (Phi) is 7.70. The number of aromatic nitrogens is 2. The summed E-state index contributed by atoms with van der Waals surface area (Å²) >= 11 is 0. The second-order valence-corrected chi connectivity index (χ2v) is 8.80. The van der Waals surface area contributed by atoms with Crippen LogP contribution in [0, 0.1) is 6.92 Å². The maximum Gasteiger partial charge on any atom is 0.258 e. The highest BCUT2D eigenvalue weighted by Gasteiger charge is 2.41. The lowest BCUT2D eigenvalue weighted by Gasteiger charge is -2.27. The number of hydrogen-bond acceptors (Lipinski definition) is 6. The summed E-state index contributed by atoms with van der Waals surface area (Å²) in [5.41, 5.74) is 1.65. The van der Waals surface area contributed by atoms with Crippen LogP contribution in [0.25, 0.3) is 0 Å². The normalized spacial score (nSPS) is 15.6. The van der Waals surface area contributed by atoms with Gasteiger partial charge in [0.05, 0.1) is 6.54 Å². The molecule has 1 aromatic heterocycles. The molecule has 0 unspecified atom stereocenters. The number of amides is 1. The zero-order valence-electron chi connectivity index (χ0n) is 19.5. The fraction of sp³-hybridized carbons (Fsp3) is 0.625. The van der Waals surface area contributed by atoms with Crippen molar-refractivity contribution in [2.24, 2.45) is 0 Å². The Hall–Kier alpha value is -2.41. The van der Waals surface area contributed by atoms with E-state index in [2.05, 4.69) is 60.2 Å². The van der Waals surface area contributed by atoms with Crippen LogP contribution in [0.4, 0.5) is 0 Å². The third kappa shape index (κ3) is 5.64. The van der Waals surface area contributed by atoms with Gasteiger partial charge in [0, 0.05) is 0 Å². The van der Waals surface area contributed by atoms with Crippen molar-refractivity contribution in [3.05, 3.63) is 41.0 Å². The van der Waals surface area contributed by atoms with E-state index in [1.807, 2.05) is 13.0 Å². The van der Waals surface area contributed by atoms with Gasteiger partial charge in [-0.05, 0) is 56.0 Å². The lowest BCUT2D eigenvalue weighted by Crippen LogP contribution is -2.46. The largest absolute Gasteiger partial charge is 0.483 e. The number of benzene rings is 1. The molecule has 0 spiro atoms. The Morgan fingerprint density at radius 2 is 1.97 bits per heavy atom. The van der Waals surface area contributed by atoms with Gasteiger partial charge in [0.1, 0.15) is 11.3 Å². The van der Waals surface area contributed by atoms with Gasteiger partial charge >= 0.3 is 0 Å². The zero-order valence-corrected chi connectivity index (χ0v) is 19.5. The third-order valence-corrected chi connectivity index (χ3v) is 6.14. The SMILES string of the molecule is CCN(CC)Cc1nc(C2(NC(=O)COc3cc(C)ccc3C(C)C)CCCC2)no1. The molecule has 0 saturated heterocycles. The lowest BCUT2D eigenvalue weighted by molar-refractivity contribution is -0.125. The van der Waals surface area contributed by atoms with Gasteiger partial charge in [-0.15, -0.1) is 0 Å². The average Bonchev–Trinajstić information content (AvgIpc) is 3.40. The second-order valence-electron chi connectivity index (χ2n) is 8.80. The van der Waals surface area contributed by atoms with Crippen molar-refractivity contribution in [2.75, 3.05) is 19.7 Å². The summed E-state index contributed by atoms with van der Waals surface area (Å²) in [7, 11) is 0. The van der Waals surface area contributed by atoms with Crippen LogP contribution in [0.1, 0.15) is 82.1 Å². The highest BCUT2D eigenvalue weighted by Crippen LogP contribution is 2.37. The van der Waals surface area contributed by atoms with E-state index in [4.69, 9.17) is 9.26 Å². The topological polar surface area (TPSA) is 80.5 Å². The van der Waals surface area contributed by atoms with Crippen molar-refractivity contribution in [2.45, 2.75) is 78.3 Å². The van der Waals surface area contributed by atoms with Gasteiger partial charge in [0.25, 0.3) is 5.91 Å². The fourth-order valence-electron chi connectivity index (χ4n) is 4.22. The van der Waals surface area contributed by atoms with E-state index in [1.54, 1.807) is 0 Å². The van der Waals surface area contributed by atoms with Crippen LogP contribution >= 0.6 is 0 Å². The molecule has 1 fully saturated rings. The number of nitrogens with one attached hydrogen (secondary N) is 1. The van der Waals surface area contributed by atoms with Gasteiger partial charge in [0.2, 0.25) is 5.89 Å². The van der Waals surface area contributed by atoms with Crippen molar-refractivity contribution in [3.8, 4) is 5.75 Å². The minimum absolute atomic E-state index is 0.0327. The molecule has 0 radical (unpaired) electrons. The minimum atomic E-state index is -0.571. The molecule has 1 saturated carbocycles. The maximum atomic E-state index is 12.9. The standard InChI is InChI=1S/C24H36N4O3/c1-6-28(7-2)15-22-25-23(27-31-22)24(12-8-9-13-24)26-21(29)16-30-20-14-18(5)10-11-19(20)17(3)4/h10-11,14,17H,6-9,12-13,15-16H2,1-5H3,(H,26,29). The quantitative estimate of drug-likeness (QED) is 0.607. The van der Waals surface area contributed by atoms with Gasteiger partial charge in [-0.3, -0.25) is 9.69 Å². The summed E-state index contributed by atoms with van der Waals surface area (Å²) in [6.07, 6.45) is 3.67. The number of ether oxygens (including phenoxy) is 1. The van der Waals surface area contributed by atoms with E-state index in [9.17, 15) is 4.79 Å². The second kappa shape index (κ2) is 10.3. The first-order chi connectivity index (χ1) is 14.9. The molecule has 3 rings (SSSR count). The van der Waals surface area contributed by atoms with Crippen molar-refractivity contribution >= 4 is 5.91 Å². The molecule has 170 valence electrons. The average molecular weight is 429 g/mol. The van der Waals surface area contributed by atoms with Gasteiger partial charge in [0.15, 0.2) is 12.4 Å². The number of rotatable bonds is 10. The molecule has 7 heteroatoms. The van der Waals surface area contributed by atoms with Crippen LogP contribution in [-0.4, -0.2) is 40.6 Å². The van der Waals surface area contributed by atoms with Crippen molar-refractivity contribution in [1.29, 1.82) is 0 Å². The number of nitrogens with zero attached hydrogens (tertiary/aromatic N) is 3. The van der Waals surface area contributed by atoms with Gasteiger partial charge in [-0.25, -0.2) is 0 Å². The van der Waals surface area contributed by atoms with Crippen molar-refractivity contribution in [1.82, 2.24) is 20.4 Å². The number of carbonyl (C=O) groups excluding carboxylic acids is 1. The van der Waals surface area contributed by atoms with E-state index in [-0.39, 0.29) is 12.5 Å². The van der Waals surface area contributed by atoms with E-state index in [1.165, 1.54) is 0 Å². The van der Waals surface area contributed by atoms with Gasteiger partial charge in [-0.2, -0.15) is 4.98 Å². The molecule has 1 heterocycles. The van der Waals surface area contributed by atoms with Gasteiger partial charge < -0.3 is 14.6 Å². The molecule has 0 atom stereocenters. The maximum absolute atomic E-state index is 12.9. The predicted molar refractivity (Wildman–Crippen MR) is 120 cm³/mol. The molecule has 7 nitrogen and oxygen atoms in total. The summed E-state index contributed by atoms with van der Waals surface area (Å²) in [4.78, 5) is 19.7. The highest BCUT2D eigenvalue weighted by molar-refractivity contribution is 5.78. The van der Waals surface area contributed by atoms with Crippen LogP contribution in [0.2, 0.25) is 0 Å². The lowest BCUT2D eigenvalue weighted by atomic mass is 9.96. The third-order valence-electron chi connectivity index (χ3n) is 6.14. The minimum Gasteiger partial charge on any atom is -0.483 e. The van der Waals surface area contributed by atoms with Crippen LogP contribution in [0.3, 0.4) is 0 Å². The predicted octanol–water partition coefficient (Wildman–Crippen LogP) is 4.31. The van der Waals surface area contributed by atoms with Crippen LogP contribution < -0.4 is 10.1 Å². The molecule has 2 aromatic rings. The molecule has 31 heavy (non-hydrogen) atoms. The Morgan fingerprint density at radius 3 is 2.61 bits per heavy atom. The fourth-order valence-corrected chi connectivity index (χ4v) is 4.22. The van der Waals surface area contributed by atoms with E-state index < -0.39 is 5.54 Å². The molecule has 1 aromatic carbocycles. The molecule has 1 aliphatic rings. The van der Waals surface area contributed by atoms with Crippen LogP contribution in [-0.2, 0) is 16.9 Å². The summed E-state index contributed by atoms with van der Waals surface area (Å²) in [6.45, 7) is 12.9. The molecular formula is C24H36N4O3. The Morgan fingerprint density at radius 1 is 1.26 bits per heavy atom. The molecule has 1 amide bonds. The first kappa shape index (κ1) is 23.3. The Bertz CT molecular complexity index is 867. The van der Waals surface area contributed by atoms with E-state index in [0.29, 0.717) is 24.2 Å². The molecule has 0 aliphatic heterocycles. The Balaban J connectivity index is 1.69. The first-order valence-electron chi connectivity index (χ1n) is 11.5. The summed E-state index contributed by atoms with van der Waals surface area (Å²) < 4.78 is 11.5. The summed E-state index contributed by atoms with van der Waals surface area (Å²) in [5.74, 6) is 2.11. The number of carbonyl (C=O) groups is 1. The van der Waals surface area contributed by atoms with Crippen LogP contribution in [0.15, 0.2) is 22.7 Å². The zero-order chi connectivity index (χ0) is 22.4. The van der Waals surface area contributed by atoms with Crippen molar-refractivity contribution < 1.29 is 14.1 Å². The molecule has 1 N–H and O–H groups in total. The summed E-state index contributed by atoms with van der Waals surface area (Å²) in [6, 6.07) is 6.14. The van der Waals surface area contributed by atoms with Gasteiger partial charge in [-0.1, -0.05) is 57.8 Å². The first-order valence-corrected chi connectivity index (χ1v) is 11.5. The molecular weight excluding hydrogens is 392 g/mol. The molecule has 0 bridgehead atoms. The van der Waals surface area contributed by atoms with Crippen LogP contribution in [0.5, 0.6) is 5.75 Å². The monoisotopic (exact) mass is 428 g/mol. The molecule has 1 aliphatic carbocycles. The van der Waals surface area contributed by atoms with Crippen molar-refractivity contribution in [3.63, 3.8) is 0 Å². The Labute approximate surface area is 185 Å².